The molecule has 0 heterocycles. The number of hydrogen-bond donors (Lipinski definition) is 2. The summed E-state index contributed by atoms with van der Waals surface area (Å²) < 4.78 is 27.2. The number of amides is 1. The van der Waals surface area contributed by atoms with Crippen molar-refractivity contribution in [1.82, 2.24) is 0 Å². The number of halogens is 3. The molecular weight excluding hydrogens is 395 g/mol. The fraction of sp³-hybridized carbons (Fsp3) is 0. The van der Waals surface area contributed by atoms with Crippen LogP contribution in [0.4, 0.5) is 14.5 Å². The van der Waals surface area contributed by atoms with Crippen molar-refractivity contribution < 1.29 is 23.5 Å². The lowest BCUT2D eigenvalue weighted by Gasteiger charge is -2.09. The van der Waals surface area contributed by atoms with Crippen LogP contribution in [0.25, 0.3) is 0 Å². The van der Waals surface area contributed by atoms with Gasteiger partial charge in [0.25, 0.3) is 5.91 Å². The van der Waals surface area contributed by atoms with Crippen LogP contribution in [0.2, 0.25) is 0 Å². The molecule has 1 amide bonds. The summed E-state index contributed by atoms with van der Waals surface area (Å²) in [5.74, 6) is -4.61. The minimum Gasteiger partial charge on any atom is -0.478 e. The highest BCUT2D eigenvalue weighted by Gasteiger charge is 2.17. The predicted octanol–water partition coefficient (Wildman–Crippen LogP) is 3.52. The average molecular weight is 403 g/mol. The Bertz CT molecular complexity index is 717. The minimum absolute atomic E-state index is 0.275. The van der Waals surface area contributed by atoms with E-state index in [1.165, 1.54) is 12.1 Å². The number of rotatable bonds is 3. The second-order valence-electron chi connectivity index (χ2n) is 4.08. The maximum atomic E-state index is 13.2. The van der Waals surface area contributed by atoms with Crippen LogP contribution in [-0.4, -0.2) is 17.0 Å². The van der Waals surface area contributed by atoms with Crippen molar-refractivity contribution in [3.63, 3.8) is 0 Å². The summed E-state index contributed by atoms with van der Waals surface area (Å²) in [5, 5.41) is 11.2. The van der Waals surface area contributed by atoms with Gasteiger partial charge in [-0.15, -0.1) is 0 Å². The highest BCUT2D eigenvalue weighted by atomic mass is 127. The highest BCUT2D eigenvalue weighted by molar-refractivity contribution is 14.1. The maximum Gasteiger partial charge on any atom is 0.337 e. The largest absolute Gasteiger partial charge is 0.478 e. The Balaban J connectivity index is 2.34. The number of hydrogen-bond acceptors (Lipinski definition) is 2. The first-order chi connectivity index (χ1) is 9.88. The van der Waals surface area contributed by atoms with Gasteiger partial charge < -0.3 is 10.4 Å². The molecule has 2 aromatic rings. The smallest absolute Gasteiger partial charge is 0.337 e. The van der Waals surface area contributed by atoms with Crippen LogP contribution >= 0.6 is 22.6 Å². The Morgan fingerprint density at radius 1 is 1.05 bits per heavy atom. The third kappa shape index (κ3) is 3.54. The fourth-order valence-electron chi connectivity index (χ4n) is 1.62. The third-order valence-corrected chi connectivity index (χ3v) is 3.36. The van der Waals surface area contributed by atoms with E-state index in [1.54, 1.807) is 12.1 Å². The van der Waals surface area contributed by atoms with Gasteiger partial charge in [-0.3, -0.25) is 4.79 Å². The van der Waals surface area contributed by atoms with Gasteiger partial charge in [-0.1, -0.05) is 0 Å². The van der Waals surface area contributed by atoms with Crippen LogP contribution in [-0.2, 0) is 0 Å². The molecule has 2 N–H and O–H groups in total. The molecule has 0 aliphatic rings. The standard InChI is InChI=1S/C14H8F2INO3/c15-10-5-9(14(20)21)12(6-11(10)16)18-13(19)7-1-3-8(17)4-2-7/h1-6H,(H,18,19)(H,20,21). The van der Waals surface area contributed by atoms with Gasteiger partial charge in [0.1, 0.15) is 0 Å². The van der Waals surface area contributed by atoms with Gasteiger partial charge in [0.2, 0.25) is 0 Å². The quantitative estimate of drug-likeness (QED) is 0.771. The summed E-state index contributed by atoms with van der Waals surface area (Å²) in [5.41, 5.74) is -0.547. The zero-order valence-corrected chi connectivity index (χ0v) is 12.5. The van der Waals surface area contributed by atoms with E-state index in [-0.39, 0.29) is 11.3 Å². The topological polar surface area (TPSA) is 66.4 Å². The van der Waals surface area contributed by atoms with Gasteiger partial charge >= 0.3 is 5.97 Å². The molecule has 0 radical (unpaired) electrons. The van der Waals surface area contributed by atoms with Gasteiger partial charge in [0.15, 0.2) is 11.6 Å². The van der Waals surface area contributed by atoms with Crippen molar-refractivity contribution in [1.29, 1.82) is 0 Å². The molecule has 0 bridgehead atoms. The summed E-state index contributed by atoms with van der Waals surface area (Å²) in [6.07, 6.45) is 0. The van der Waals surface area contributed by atoms with Gasteiger partial charge in [-0.2, -0.15) is 0 Å². The molecule has 0 aromatic heterocycles. The van der Waals surface area contributed by atoms with Crippen LogP contribution in [0.15, 0.2) is 36.4 Å². The van der Waals surface area contributed by atoms with Crippen molar-refractivity contribution in [3.8, 4) is 0 Å². The van der Waals surface area contributed by atoms with Crippen LogP contribution < -0.4 is 5.32 Å². The second kappa shape index (κ2) is 6.17. The third-order valence-electron chi connectivity index (χ3n) is 2.65. The van der Waals surface area contributed by atoms with Gasteiger partial charge in [-0.05, 0) is 52.9 Å². The summed E-state index contributed by atoms with van der Waals surface area (Å²) in [6, 6.07) is 7.64. The number of aromatic carboxylic acids is 1. The molecule has 4 nitrogen and oxygen atoms in total. The van der Waals surface area contributed by atoms with E-state index >= 15 is 0 Å². The lowest BCUT2D eigenvalue weighted by Crippen LogP contribution is -2.15. The van der Waals surface area contributed by atoms with E-state index in [4.69, 9.17) is 5.11 Å². The van der Waals surface area contributed by atoms with E-state index in [2.05, 4.69) is 27.9 Å². The first kappa shape index (κ1) is 15.4. The normalized spacial score (nSPS) is 10.2. The molecule has 0 saturated heterocycles. The number of nitrogens with one attached hydrogen (secondary N) is 1. The number of carbonyl (C=O) groups excluding carboxylic acids is 1. The Kier molecular flexibility index (Phi) is 4.51. The Hall–Kier alpha value is -2.03. The molecular formula is C14H8F2INO3. The van der Waals surface area contributed by atoms with Crippen molar-refractivity contribution in [2.24, 2.45) is 0 Å². The van der Waals surface area contributed by atoms with E-state index in [9.17, 15) is 18.4 Å². The average Bonchev–Trinajstić information content (AvgIpc) is 2.43. The molecule has 108 valence electrons. The van der Waals surface area contributed by atoms with E-state index in [0.29, 0.717) is 12.1 Å². The molecule has 0 fully saturated rings. The summed E-state index contributed by atoms with van der Waals surface area (Å²) in [4.78, 5) is 23.0. The number of carboxylic acids is 1. The first-order valence-corrected chi connectivity index (χ1v) is 6.75. The summed E-state index contributed by atoms with van der Waals surface area (Å²) >= 11 is 2.06. The Morgan fingerprint density at radius 2 is 1.62 bits per heavy atom. The Morgan fingerprint density at radius 3 is 2.19 bits per heavy atom. The lowest BCUT2D eigenvalue weighted by molar-refractivity contribution is 0.0697. The molecule has 0 saturated carbocycles. The zero-order valence-electron chi connectivity index (χ0n) is 10.4. The molecule has 21 heavy (non-hydrogen) atoms. The lowest BCUT2D eigenvalue weighted by atomic mass is 10.1. The molecule has 0 unspecified atom stereocenters. The number of anilines is 1. The van der Waals surface area contributed by atoms with E-state index in [1.807, 2.05) is 0 Å². The maximum absolute atomic E-state index is 13.2. The van der Waals surface area contributed by atoms with Crippen molar-refractivity contribution in [2.45, 2.75) is 0 Å². The monoisotopic (exact) mass is 403 g/mol. The molecule has 2 rings (SSSR count). The van der Waals surface area contributed by atoms with Gasteiger partial charge in [0, 0.05) is 15.2 Å². The van der Waals surface area contributed by atoms with Crippen molar-refractivity contribution in [2.75, 3.05) is 5.32 Å². The Labute approximate surface area is 131 Å². The molecule has 0 aliphatic heterocycles. The van der Waals surface area contributed by atoms with Crippen LogP contribution in [0.3, 0.4) is 0 Å². The predicted molar refractivity (Wildman–Crippen MR) is 80.4 cm³/mol. The summed E-state index contributed by atoms with van der Waals surface area (Å²) in [6.45, 7) is 0. The van der Waals surface area contributed by atoms with Crippen LogP contribution in [0, 0.1) is 15.2 Å². The van der Waals surface area contributed by atoms with Crippen LogP contribution in [0.5, 0.6) is 0 Å². The van der Waals surface area contributed by atoms with Crippen LogP contribution in [0.1, 0.15) is 20.7 Å². The molecule has 7 heteroatoms. The number of carbonyl (C=O) groups is 2. The molecule has 0 atom stereocenters. The summed E-state index contributed by atoms with van der Waals surface area (Å²) in [7, 11) is 0. The van der Waals surface area contributed by atoms with Crippen molar-refractivity contribution in [3.05, 3.63) is 62.7 Å². The van der Waals surface area contributed by atoms with Gasteiger partial charge in [0.05, 0.1) is 11.3 Å². The van der Waals surface area contributed by atoms with E-state index < -0.39 is 29.1 Å². The van der Waals surface area contributed by atoms with Crippen molar-refractivity contribution >= 4 is 40.2 Å². The highest BCUT2D eigenvalue weighted by Crippen LogP contribution is 2.21. The number of carboxylic acid groups (broad SMARTS) is 1. The molecule has 2 aromatic carbocycles. The van der Waals surface area contributed by atoms with E-state index in [0.717, 1.165) is 3.57 Å². The minimum atomic E-state index is -1.47. The second-order valence-corrected chi connectivity index (χ2v) is 5.32. The molecule has 0 spiro atoms. The zero-order chi connectivity index (χ0) is 15.6. The molecule has 0 aliphatic carbocycles. The fourth-order valence-corrected chi connectivity index (χ4v) is 1.98. The number of benzene rings is 2. The van der Waals surface area contributed by atoms with Gasteiger partial charge in [-0.25, -0.2) is 13.6 Å². The SMILES string of the molecule is O=C(Nc1cc(F)c(F)cc1C(=O)O)c1ccc(I)cc1. The first-order valence-electron chi connectivity index (χ1n) is 5.67.